The van der Waals surface area contributed by atoms with Crippen molar-refractivity contribution < 1.29 is 86.0 Å². The van der Waals surface area contributed by atoms with Crippen LogP contribution in [0.3, 0.4) is 0 Å². The Morgan fingerprint density at radius 1 is 0.633 bits per heavy atom. The summed E-state index contributed by atoms with van der Waals surface area (Å²) in [4.78, 5) is 75.3. The average molecular weight is 708 g/mol. The van der Waals surface area contributed by atoms with Gasteiger partial charge in [-0.05, 0) is 5.53 Å². The molecule has 0 spiro atoms. The maximum atomic E-state index is 12.4. The van der Waals surface area contributed by atoms with E-state index in [4.69, 9.17) is 57.2 Å². The molecule has 0 aromatic heterocycles. The second-order valence-corrected chi connectivity index (χ2v) is 10.5. The molecule has 21 heteroatoms. The van der Waals surface area contributed by atoms with Crippen molar-refractivity contribution in [2.24, 2.45) is 5.11 Å². The van der Waals surface area contributed by atoms with Gasteiger partial charge in [0.1, 0.15) is 43.7 Å². The molecule has 0 amide bonds. The van der Waals surface area contributed by atoms with Crippen molar-refractivity contribution in [3.05, 3.63) is 10.4 Å². The van der Waals surface area contributed by atoms with Gasteiger partial charge in [-0.25, -0.2) is 0 Å². The lowest BCUT2D eigenvalue weighted by molar-refractivity contribution is -0.349. The molecule has 0 bridgehead atoms. The monoisotopic (exact) mass is 707 g/mol. The van der Waals surface area contributed by atoms with Crippen molar-refractivity contribution in [1.29, 1.82) is 0 Å². The number of rotatable bonds is 17. The molecule has 21 nitrogen and oxygen atoms in total. The zero-order chi connectivity index (χ0) is 36.7. The molecule has 276 valence electrons. The summed E-state index contributed by atoms with van der Waals surface area (Å²) in [5, 5.41) is 12.6. The molecule has 2 heterocycles. The van der Waals surface area contributed by atoms with E-state index in [2.05, 4.69) is 10.0 Å². The SMILES string of the molecule is CC(=O)OC[C@H]1O[C@@H](O[C@H]2[C@H](OC(C)=O)[C@@H](N=[N+]=[N-])[C@H](OCCOCCO)O[C@@H]2COC(C)=O)[C@H](OC(C)=O)[C@@H](OC(C)=O)[C@H]1OC(C)=O. The summed E-state index contributed by atoms with van der Waals surface area (Å²) in [5.41, 5.74) is 9.41. The largest absolute Gasteiger partial charge is 0.463 e. The Morgan fingerprint density at radius 2 is 1.12 bits per heavy atom. The fraction of sp³-hybridized carbons (Fsp3) is 0.786. The fourth-order valence-electron chi connectivity index (χ4n) is 4.88. The second kappa shape index (κ2) is 20.4. The average Bonchev–Trinajstić information content (AvgIpc) is 2.99. The van der Waals surface area contributed by atoms with Gasteiger partial charge in [0.05, 0.1) is 26.4 Å². The van der Waals surface area contributed by atoms with E-state index in [1.165, 1.54) is 0 Å². The van der Waals surface area contributed by atoms with Crippen molar-refractivity contribution in [2.75, 3.05) is 39.6 Å². The van der Waals surface area contributed by atoms with Crippen LogP contribution in [0.15, 0.2) is 5.11 Å². The summed E-state index contributed by atoms with van der Waals surface area (Å²) >= 11 is 0. The van der Waals surface area contributed by atoms with Crippen LogP contribution >= 0.6 is 0 Å². The summed E-state index contributed by atoms with van der Waals surface area (Å²) in [6.07, 6.45) is -13.9. The Kier molecular flexibility index (Phi) is 17.1. The normalized spacial score (nSPS) is 29.4. The molecule has 0 aromatic carbocycles. The maximum Gasteiger partial charge on any atom is 0.303 e. The number of hydrogen-bond acceptors (Lipinski definition) is 19. The quantitative estimate of drug-likeness (QED) is 0.0492. The van der Waals surface area contributed by atoms with Crippen molar-refractivity contribution in [2.45, 2.75) is 103 Å². The summed E-state index contributed by atoms with van der Waals surface area (Å²) in [6.45, 7) is 4.81. The zero-order valence-corrected chi connectivity index (χ0v) is 27.7. The summed E-state index contributed by atoms with van der Waals surface area (Å²) < 4.78 is 61.1. The predicted octanol–water partition coefficient (Wildman–Crippen LogP) is -0.621. The minimum Gasteiger partial charge on any atom is -0.463 e. The van der Waals surface area contributed by atoms with Gasteiger partial charge in [-0.2, -0.15) is 0 Å². The van der Waals surface area contributed by atoms with E-state index >= 15 is 0 Å². The Labute approximate surface area is 280 Å². The Balaban J connectivity index is 2.65. The van der Waals surface area contributed by atoms with Gasteiger partial charge in [-0.15, -0.1) is 0 Å². The standard InChI is InChI=1S/C28H41N3O18/c1-13(33)41-11-19-22(24(44-16(4)36)21(30-31-29)27(47-19)40-10-9-39-8-7-32)49-28-26(46-18(6)38)25(45-17(5)37)23(43-15(3)35)20(48-28)12-42-14(2)34/h19-28,32H,7-12H2,1-6H3/t19-,20-,21-,22-,23+,24-,25+,26-,27-,28+/m1/s1. The van der Waals surface area contributed by atoms with Gasteiger partial charge >= 0.3 is 35.8 Å². The van der Waals surface area contributed by atoms with Gasteiger partial charge in [-0.3, -0.25) is 28.8 Å². The number of azide groups is 1. The van der Waals surface area contributed by atoms with E-state index in [1.54, 1.807) is 0 Å². The maximum absolute atomic E-state index is 12.4. The first-order valence-electron chi connectivity index (χ1n) is 14.9. The minimum absolute atomic E-state index is 0.00567. The molecular formula is C28H41N3O18. The van der Waals surface area contributed by atoms with Crippen molar-refractivity contribution in [3.8, 4) is 0 Å². The van der Waals surface area contributed by atoms with Gasteiger partial charge in [0.15, 0.2) is 30.9 Å². The third kappa shape index (κ3) is 13.4. The number of carbonyl (C=O) groups is 6. The molecule has 0 radical (unpaired) electrons. The van der Waals surface area contributed by atoms with E-state index in [9.17, 15) is 34.3 Å². The number of nitrogens with zero attached hydrogens (tertiary/aromatic N) is 3. The van der Waals surface area contributed by atoms with Crippen molar-refractivity contribution in [1.82, 2.24) is 0 Å². The number of hydrogen-bond donors (Lipinski definition) is 1. The highest BCUT2D eigenvalue weighted by atomic mass is 16.8. The number of aliphatic hydroxyl groups is 1. The highest BCUT2D eigenvalue weighted by molar-refractivity contribution is 5.69. The Hall–Kier alpha value is -4.11. The number of carbonyl (C=O) groups excluding carboxylic acids is 6. The van der Waals surface area contributed by atoms with Crippen LogP contribution in [0, 0.1) is 0 Å². The Bertz CT molecular complexity index is 1210. The van der Waals surface area contributed by atoms with Gasteiger partial charge in [-0.1, -0.05) is 5.11 Å². The highest BCUT2D eigenvalue weighted by Gasteiger charge is 2.56. The molecule has 0 aliphatic carbocycles. The van der Waals surface area contributed by atoms with E-state index in [-0.39, 0.29) is 26.4 Å². The third-order valence-corrected chi connectivity index (χ3v) is 6.54. The van der Waals surface area contributed by atoms with Crippen LogP contribution in [0.2, 0.25) is 0 Å². The van der Waals surface area contributed by atoms with Gasteiger partial charge in [0.25, 0.3) is 0 Å². The van der Waals surface area contributed by atoms with Crippen molar-refractivity contribution >= 4 is 35.8 Å². The number of aliphatic hydroxyl groups excluding tert-OH is 1. The number of ether oxygens (including phenoxy) is 11. The van der Waals surface area contributed by atoms with Crippen LogP contribution in [0.4, 0.5) is 0 Å². The first kappa shape index (κ1) is 41.1. The van der Waals surface area contributed by atoms with Crippen LogP contribution < -0.4 is 0 Å². The fourth-order valence-corrected chi connectivity index (χ4v) is 4.88. The zero-order valence-electron chi connectivity index (χ0n) is 27.7. The molecule has 2 fully saturated rings. The molecule has 0 unspecified atom stereocenters. The van der Waals surface area contributed by atoms with E-state index < -0.39 is 110 Å². The second-order valence-electron chi connectivity index (χ2n) is 10.5. The van der Waals surface area contributed by atoms with Crippen molar-refractivity contribution in [3.63, 3.8) is 0 Å². The third-order valence-electron chi connectivity index (χ3n) is 6.54. The molecule has 2 saturated heterocycles. The van der Waals surface area contributed by atoms with Crippen LogP contribution in [-0.2, 0) is 80.9 Å². The molecule has 0 saturated carbocycles. The van der Waals surface area contributed by atoms with Crippen LogP contribution in [0.1, 0.15) is 41.5 Å². The summed E-state index contributed by atoms with van der Waals surface area (Å²) in [5.74, 6) is -5.06. The molecule has 2 aliphatic heterocycles. The van der Waals surface area contributed by atoms with E-state index in [1.807, 2.05) is 0 Å². The first-order chi connectivity index (χ1) is 23.2. The van der Waals surface area contributed by atoms with Gasteiger partial charge < -0.3 is 57.2 Å². The molecule has 2 aliphatic rings. The first-order valence-corrected chi connectivity index (χ1v) is 14.9. The molecule has 1 N–H and O–H groups in total. The lowest BCUT2D eigenvalue weighted by Crippen LogP contribution is -2.66. The van der Waals surface area contributed by atoms with Gasteiger partial charge in [0, 0.05) is 46.5 Å². The predicted molar refractivity (Wildman–Crippen MR) is 154 cm³/mol. The molecule has 0 aromatic rings. The van der Waals surface area contributed by atoms with Crippen LogP contribution in [0.5, 0.6) is 0 Å². The lowest BCUT2D eigenvalue weighted by atomic mass is 9.95. The van der Waals surface area contributed by atoms with Gasteiger partial charge in [0.2, 0.25) is 0 Å². The molecule has 10 atom stereocenters. The van der Waals surface area contributed by atoms with Crippen LogP contribution in [0.25, 0.3) is 10.4 Å². The molecular weight excluding hydrogens is 666 g/mol. The summed E-state index contributed by atoms with van der Waals surface area (Å²) in [7, 11) is 0. The summed E-state index contributed by atoms with van der Waals surface area (Å²) in [6, 6.07) is -1.46. The smallest absolute Gasteiger partial charge is 0.303 e. The molecule has 49 heavy (non-hydrogen) atoms. The molecule has 2 rings (SSSR count). The number of esters is 6. The Morgan fingerprint density at radius 3 is 1.63 bits per heavy atom. The minimum atomic E-state index is -1.79. The lowest BCUT2D eigenvalue weighted by Gasteiger charge is -2.48. The van der Waals surface area contributed by atoms with E-state index in [0.717, 1.165) is 41.5 Å². The van der Waals surface area contributed by atoms with E-state index in [0.29, 0.717) is 0 Å². The van der Waals surface area contributed by atoms with Crippen LogP contribution in [-0.4, -0.2) is 142 Å². The highest BCUT2D eigenvalue weighted by Crippen LogP contribution is 2.35. The topological polar surface area (TPSA) is 273 Å².